The molecule has 3 rings (SSSR count). The maximum absolute atomic E-state index is 12.8. The van der Waals surface area contributed by atoms with Crippen LogP contribution in [-0.2, 0) is 14.3 Å². The maximum atomic E-state index is 12.8. The molecular formula is C22H28O4. The SMILES string of the molecule is COc1cccc(C2=C3CCC(OC(=O)C(C)(C)C)[C@@]3(C)CCC2=O)c1. The number of allylic oxidation sites excluding steroid dienone is 1. The van der Waals surface area contributed by atoms with Gasteiger partial charge in [-0.3, -0.25) is 9.59 Å². The maximum Gasteiger partial charge on any atom is 0.311 e. The third-order valence-electron chi connectivity index (χ3n) is 5.73. The van der Waals surface area contributed by atoms with E-state index in [-0.39, 0.29) is 23.3 Å². The summed E-state index contributed by atoms with van der Waals surface area (Å²) in [5.74, 6) is 0.739. The average Bonchev–Trinajstić information content (AvgIpc) is 2.91. The van der Waals surface area contributed by atoms with Gasteiger partial charge in [0, 0.05) is 17.4 Å². The molecule has 2 aliphatic rings. The van der Waals surface area contributed by atoms with E-state index in [1.807, 2.05) is 45.0 Å². The average molecular weight is 356 g/mol. The van der Waals surface area contributed by atoms with E-state index in [1.165, 1.54) is 0 Å². The second-order valence-corrected chi connectivity index (χ2v) is 8.61. The van der Waals surface area contributed by atoms with Crippen LogP contribution in [0.5, 0.6) is 5.75 Å². The lowest BCUT2D eigenvalue weighted by Gasteiger charge is -2.37. The van der Waals surface area contributed by atoms with Crippen LogP contribution in [0.25, 0.3) is 5.57 Å². The molecule has 0 bridgehead atoms. The predicted octanol–water partition coefficient (Wildman–Crippen LogP) is 4.57. The minimum absolute atomic E-state index is 0.169. The predicted molar refractivity (Wildman–Crippen MR) is 101 cm³/mol. The normalized spacial score (nSPS) is 25.9. The van der Waals surface area contributed by atoms with E-state index in [9.17, 15) is 9.59 Å². The molecular weight excluding hydrogens is 328 g/mol. The van der Waals surface area contributed by atoms with Crippen molar-refractivity contribution in [3.63, 3.8) is 0 Å². The van der Waals surface area contributed by atoms with Crippen molar-refractivity contribution in [3.8, 4) is 5.75 Å². The summed E-state index contributed by atoms with van der Waals surface area (Å²) in [6.45, 7) is 7.75. The number of carbonyl (C=O) groups excluding carboxylic acids is 2. The van der Waals surface area contributed by atoms with Crippen LogP contribution in [0.15, 0.2) is 29.8 Å². The Kier molecular flexibility index (Phi) is 4.72. The Morgan fingerprint density at radius 3 is 2.62 bits per heavy atom. The fraction of sp³-hybridized carbons (Fsp3) is 0.545. The number of benzene rings is 1. The molecule has 0 radical (unpaired) electrons. The Morgan fingerprint density at radius 1 is 1.23 bits per heavy atom. The van der Waals surface area contributed by atoms with Gasteiger partial charge >= 0.3 is 5.97 Å². The first-order chi connectivity index (χ1) is 12.2. The summed E-state index contributed by atoms with van der Waals surface area (Å²) in [5, 5.41) is 0. The van der Waals surface area contributed by atoms with E-state index in [4.69, 9.17) is 9.47 Å². The van der Waals surface area contributed by atoms with Gasteiger partial charge in [-0.05, 0) is 63.3 Å². The molecule has 4 nitrogen and oxygen atoms in total. The molecule has 0 spiro atoms. The van der Waals surface area contributed by atoms with E-state index >= 15 is 0 Å². The van der Waals surface area contributed by atoms with Crippen LogP contribution in [-0.4, -0.2) is 25.0 Å². The standard InChI is InChI=1S/C22H28O4/c1-21(2,3)20(24)26-18-10-9-16-19(17(23)11-12-22(16,18)4)14-7-6-8-15(13-14)25-5/h6-8,13,18H,9-12H2,1-5H3/t18?,22-/m0/s1. The highest BCUT2D eigenvalue weighted by Gasteiger charge is 2.50. The van der Waals surface area contributed by atoms with Gasteiger partial charge in [0.2, 0.25) is 0 Å². The van der Waals surface area contributed by atoms with Gasteiger partial charge in [0.05, 0.1) is 12.5 Å². The van der Waals surface area contributed by atoms with Gasteiger partial charge in [-0.25, -0.2) is 0 Å². The Labute approximate surface area is 155 Å². The molecule has 140 valence electrons. The van der Waals surface area contributed by atoms with E-state index in [1.54, 1.807) is 7.11 Å². The molecule has 0 amide bonds. The van der Waals surface area contributed by atoms with Gasteiger partial charge in [0.15, 0.2) is 5.78 Å². The number of hydrogen-bond donors (Lipinski definition) is 0. The summed E-state index contributed by atoms with van der Waals surface area (Å²) in [7, 11) is 1.63. The summed E-state index contributed by atoms with van der Waals surface area (Å²) in [4.78, 5) is 25.2. The Balaban J connectivity index is 2.00. The van der Waals surface area contributed by atoms with Crippen molar-refractivity contribution < 1.29 is 19.1 Å². The number of ketones is 1. The molecule has 0 saturated heterocycles. The van der Waals surface area contributed by atoms with E-state index in [2.05, 4.69) is 6.92 Å². The minimum atomic E-state index is -0.525. The van der Waals surface area contributed by atoms with Crippen molar-refractivity contribution in [3.05, 3.63) is 35.4 Å². The number of hydrogen-bond acceptors (Lipinski definition) is 4. The zero-order chi connectivity index (χ0) is 19.1. The number of rotatable bonds is 3. The molecule has 1 fully saturated rings. The molecule has 4 heteroatoms. The van der Waals surface area contributed by atoms with Gasteiger partial charge in [0.1, 0.15) is 11.9 Å². The first-order valence-electron chi connectivity index (χ1n) is 9.29. The molecule has 0 aliphatic heterocycles. The van der Waals surface area contributed by atoms with Gasteiger partial charge in [-0.2, -0.15) is 0 Å². The fourth-order valence-corrected chi connectivity index (χ4v) is 4.07. The van der Waals surface area contributed by atoms with Crippen LogP contribution in [0.3, 0.4) is 0 Å². The highest BCUT2D eigenvalue weighted by molar-refractivity contribution is 6.22. The van der Waals surface area contributed by atoms with E-state index in [0.29, 0.717) is 6.42 Å². The molecule has 0 N–H and O–H groups in total. The quantitative estimate of drug-likeness (QED) is 0.745. The Hall–Kier alpha value is -2.10. The summed E-state index contributed by atoms with van der Waals surface area (Å²) in [6.07, 6.45) is 2.61. The van der Waals surface area contributed by atoms with Crippen LogP contribution >= 0.6 is 0 Å². The second kappa shape index (κ2) is 6.57. The molecule has 1 saturated carbocycles. The smallest absolute Gasteiger partial charge is 0.311 e. The van der Waals surface area contributed by atoms with E-state index in [0.717, 1.165) is 41.7 Å². The molecule has 2 atom stereocenters. The summed E-state index contributed by atoms with van der Waals surface area (Å²) >= 11 is 0. The number of Topliss-reactive ketones (excluding diaryl/α,β-unsaturated/α-hetero) is 1. The molecule has 1 aromatic rings. The Morgan fingerprint density at radius 2 is 1.96 bits per heavy atom. The molecule has 0 heterocycles. The molecule has 1 unspecified atom stereocenters. The van der Waals surface area contributed by atoms with Crippen molar-refractivity contribution in [2.75, 3.05) is 7.11 Å². The van der Waals surface area contributed by atoms with Gasteiger partial charge in [-0.1, -0.05) is 19.1 Å². The topological polar surface area (TPSA) is 52.6 Å². The van der Waals surface area contributed by atoms with Crippen LogP contribution in [0.2, 0.25) is 0 Å². The van der Waals surface area contributed by atoms with Crippen molar-refractivity contribution >= 4 is 17.3 Å². The number of carbonyl (C=O) groups is 2. The first-order valence-corrected chi connectivity index (χ1v) is 9.29. The monoisotopic (exact) mass is 356 g/mol. The number of ether oxygens (including phenoxy) is 2. The molecule has 1 aromatic carbocycles. The van der Waals surface area contributed by atoms with Crippen LogP contribution in [0.1, 0.15) is 58.9 Å². The minimum Gasteiger partial charge on any atom is -0.497 e. The van der Waals surface area contributed by atoms with Gasteiger partial charge < -0.3 is 9.47 Å². The largest absolute Gasteiger partial charge is 0.497 e. The lowest BCUT2D eigenvalue weighted by Crippen LogP contribution is -2.38. The number of fused-ring (bicyclic) bond motifs is 1. The molecule has 0 aromatic heterocycles. The Bertz CT molecular complexity index is 769. The summed E-state index contributed by atoms with van der Waals surface area (Å²) < 4.78 is 11.2. The third kappa shape index (κ3) is 3.17. The number of esters is 1. The van der Waals surface area contributed by atoms with Crippen LogP contribution in [0, 0.1) is 10.8 Å². The fourth-order valence-electron chi connectivity index (χ4n) is 4.07. The zero-order valence-electron chi connectivity index (χ0n) is 16.3. The highest BCUT2D eigenvalue weighted by atomic mass is 16.5. The van der Waals surface area contributed by atoms with Gasteiger partial charge in [-0.15, -0.1) is 0 Å². The second-order valence-electron chi connectivity index (χ2n) is 8.61. The highest BCUT2D eigenvalue weighted by Crippen LogP contribution is 2.54. The summed E-state index contributed by atoms with van der Waals surface area (Å²) in [5.41, 5.74) is 2.04. The number of methoxy groups -OCH3 is 1. The lowest BCUT2D eigenvalue weighted by molar-refractivity contribution is -0.163. The lowest BCUT2D eigenvalue weighted by atomic mass is 9.70. The zero-order valence-corrected chi connectivity index (χ0v) is 16.3. The molecule has 2 aliphatic carbocycles. The van der Waals surface area contributed by atoms with Crippen LogP contribution < -0.4 is 4.74 Å². The van der Waals surface area contributed by atoms with Crippen molar-refractivity contribution in [1.29, 1.82) is 0 Å². The van der Waals surface area contributed by atoms with Crippen molar-refractivity contribution in [2.45, 2.75) is 59.5 Å². The van der Waals surface area contributed by atoms with Crippen LogP contribution in [0.4, 0.5) is 0 Å². The van der Waals surface area contributed by atoms with E-state index < -0.39 is 5.41 Å². The summed E-state index contributed by atoms with van der Waals surface area (Å²) in [6, 6.07) is 7.67. The van der Waals surface area contributed by atoms with Crippen molar-refractivity contribution in [1.82, 2.24) is 0 Å². The third-order valence-corrected chi connectivity index (χ3v) is 5.73. The van der Waals surface area contributed by atoms with Gasteiger partial charge in [0.25, 0.3) is 0 Å². The first kappa shape index (κ1) is 18.7. The van der Waals surface area contributed by atoms with Crippen molar-refractivity contribution in [2.24, 2.45) is 10.8 Å². The molecule has 26 heavy (non-hydrogen) atoms.